The number of fused-ring (bicyclic) bond motifs is 1. The summed E-state index contributed by atoms with van der Waals surface area (Å²) < 4.78 is 33.9. The molecule has 26 heavy (non-hydrogen) atoms. The van der Waals surface area contributed by atoms with Gasteiger partial charge in [0.05, 0.1) is 5.52 Å². The van der Waals surface area contributed by atoms with Gasteiger partial charge in [0.2, 0.25) is 11.8 Å². The van der Waals surface area contributed by atoms with E-state index in [1.165, 1.54) is 6.07 Å². The minimum Gasteiger partial charge on any atom is -0.466 e. The van der Waals surface area contributed by atoms with E-state index in [1.54, 1.807) is 24.4 Å². The van der Waals surface area contributed by atoms with Gasteiger partial charge in [-0.25, -0.2) is 13.8 Å². The number of nitrogens with two attached hydrogens (primary N) is 1. The lowest BCUT2D eigenvalue weighted by Gasteiger charge is -2.17. The third kappa shape index (κ3) is 2.57. The zero-order chi connectivity index (χ0) is 18.3. The standard InChI is InChI=1S/C19H13F2N3O2/c20-12-7-2-8-13(21)14(12)19-24-16(18(22)25)17(26-19)11-6-1-4-10-5-3-9-23-15(10)11/h1-9,16-17H,(H2,22,25). The molecule has 0 bridgehead atoms. The maximum absolute atomic E-state index is 14.1. The van der Waals surface area contributed by atoms with Crippen molar-refractivity contribution in [1.82, 2.24) is 4.98 Å². The molecule has 0 radical (unpaired) electrons. The molecule has 7 heteroatoms. The zero-order valence-electron chi connectivity index (χ0n) is 13.4. The lowest BCUT2D eigenvalue weighted by molar-refractivity contribution is -0.120. The van der Waals surface area contributed by atoms with Crippen LogP contribution < -0.4 is 5.73 Å². The predicted molar refractivity (Wildman–Crippen MR) is 91.4 cm³/mol. The summed E-state index contributed by atoms with van der Waals surface area (Å²) in [5.41, 5.74) is 6.21. The maximum atomic E-state index is 14.1. The number of amides is 1. The van der Waals surface area contributed by atoms with Gasteiger partial charge < -0.3 is 10.5 Å². The number of hydrogen-bond donors (Lipinski definition) is 1. The van der Waals surface area contributed by atoms with Gasteiger partial charge in [-0.1, -0.05) is 30.3 Å². The molecule has 2 heterocycles. The van der Waals surface area contributed by atoms with E-state index in [-0.39, 0.29) is 5.90 Å². The van der Waals surface area contributed by atoms with E-state index in [9.17, 15) is 13.6 Å². The third-order valence-corrected chi connectivity index (χ3v) is 4.22. The minimum absolute atomic E-state index is 0.290. The minimum atomic E-state index is -1.11. The van der Waals surface area contributed by atoms with Gasteiger partial charge in [-0.2, -0.15) is 0 Å². The summed E-state index contributed by atoms with van der Waals surface area (Å²) in [6.45, 7) is 0. The Morgan fingerprint density at radius 1 is 1.04 bits per heavy atom. The summed E-state index contributed by atoms with van der Waals surface area (Å²) in [6, 6.07) is 11.3. The first-order chi connectivity index (χ1) is 12.6. The lowest BCUT2D eigenvalue weighted by Crippen LogP contribution is -2.30. The second kappa shape index (κ2) is 6.18. The summed E-state index contributed by atoms with van der Waals surface area (Å²) in [5, 5.41) is 0.836. The Hall–Kier alpha value is -3.35. The van der Waals surface area contributed by atoms with Gasteiger partial charge in [0, 0.05) is 17.1 Å². The number of aliphatic imine (C=N–C) groups is 1. The second-order valence-electron chi connectivity index (χ2n) is 5.84. The Bertz CT molecular complexity index is 1030. The largest absolute Gasteiger partial charge is 0.466 e. The number of rotatable bonds is 3. The number of carbonyl (C=O) groups excluding carboxylic acids is 1. The van der Waals surface area contributed by atoms with Gasteiger partial charge >= 0.3 is 0 Å². The van der Waals surface area contributed by atoms with Crippen LogP contribution in [0.5, 0.6) is 0 Å². The number of aromatic nitrogens is 1. The summed E-state index contributed by atoms with van der Waals surface area (Å²) >= 11 is 0. The number of carbonyl (C=O) groups is 1. The van der Waals surface area contributed by atoms with Gasteiger partial charge in [0.25, 0.3) is 0 Å². The summed E-state index contributed by atoms with van der Waals surface area (Å²) in [7, 11) is 0. The van der Waals surface area contributed by atoms with Crippen molar-refractivity contribution in [2.45, 2.75) is 12.1 Å². The Morgan fingerprint density at radius 3 is 2.46 bits per heavy atom. The van der Waals surface area contributed by atoms with Crippen LogP contribution >= 0.6 is 0 Å². The molecular weight excluding hydrogens is 340 g/mol. The molecule has 2 aromatic carbocycles. The van der Waals surface area contributed by atoms with Crippen molar-refractivity contribution in [1.29, 1.82) is 0 Å². The molecule has 2 unspecified atom stereocenters. The molecule has 130 valence electrons. The van der Waals surface area contributed by atoms with Crippen LogP contribution in [0.4, 0.5) is 8.78 Å². The Balaban J connectivity index is 1.82. The summed E-state index contributed by atoms with van der Waals surface area (Å²) in [4.78, 5) is 20.3. The molecule has 1 amide bonds. The van der Waals surface area contributed by atoms with Crippen molar-refractivity contribution in [3.05, 3.63) is 77.5 Å². The molecule has 2 atom stereocenters. The first-order valence-corrected chi connectivity index (χ1v) is 7.88. The van der Waals surface area contributed by atoms with Crippen LogP contribution in [0.15, 0.2) is 59.7 Å². The van der Waals surface area contributed by atoms with E-state index in [0.29, 0.717) is 11.1 Å². The van der Waals surface area contributed by atoms with Crippen LogP contribution in [0, 0.1) is 11.6 Å². The molecule has 4 rings (SSSR count). The van der Waals surface area contributed by atoms with Gasteiger partial charge in [-0.3, -0.25) is 9.78 Å². The summed E-state index contributed by atoms with van der Waals surface area (Å²) in [6.07, 6.45) is 0.693. The van der Waals surface area contributed by atoms with Gasteiger partial charge in [0.1, 0.15) is 17.2 Å². The molecule has 0 spiro atoms. The van der Waals surface area contributed by atoms with Gasteiger partial charge in [-0.05, 0) is 18.2 Å². The number of pyridine rings is 1. The molecule has 0 fully saturated rings. The molecule has 1 aliphatic heterocycles. The number of ether oxygens (including phenoxy) is 1. The van der Waals surface area contributed by atoms with Crippen LogP contribution in [0.1, 0.15) is 17.2 Å². The van der Waals surface area contributed by atoms with Gasteiger partial charge in [-0.15, -0.1) is 0 Å². The molecule has 2 N–H and O–H groups in total. The van der Waals surface area contributed by atoms with Crippen molar-refractivity contribution in [2.75, 3.05) is 0 Å². The third-order valence-electron chi connectivity index (χ3n) is 4.22. The monoisotopic (exact) mass is 353 g/mol. The Kier molecular flexibility index (Phi) is 3.84. The van der Waals surface area contributed by atoms with E-state index in [4.69, 9.17) is 10.5 Å². The average molecular weight is 353 g/mol. The first kappa shape index (κ1) is 16.1. The lowest BCUT2D eigenvalue weighted by atomic mass is 9.99. The topological polar surface area (TPSA) is 77.6 Å². The van der Waals surface area contributed by atoms with Crippen molar-refractivity contribution in [3.63, 3.8) is 0 Å². The fraction of sp³-hybridized carbons (Fsp3) is 0.105. The number of hydrogen-bond acceptors (Lipinski definition) is 4. The SMILES string of the molecule is NC(=O)C1N=C(c2c(F)cccc2F)OC1c1cccc2cccnc12. The van der Waals surface area contributed by atoms with Crippen molar-refractivity contribution in [2.24, 2.45) is 10.7 Å². The van der Waals surface area contributed by atoms with Crippen molar-refractivity contribution < 1.29 is 18.3 Å². The number of halogens is 2. The second-order valence-corrected chi connectivity index (χ2v) is 5.84. The van der Waals surface area contributed by atoms with E-state index in [0.717, 1.165) is 17.5 Å². The molecule has 5 nitrogen and oxygen atoms in total. The van der Waals surface area contributed by atoms with Gasteiger partial charge in [0.15, 0.2) is 12.1 Å². The highest BCUT2D eigenvalue weighted by Crippen LogP contribution is 2.35. The van der Waals surface area contributed by atoms with E-state index in [1.807, 2.05) is 12.1 Å². The van der Waals surface area contributed by atoms with E-state index < -0.39 is 35.3 Å². The van der Waals surface area contributed by atoms with E-state index in [2.05, 4.69) is 9.98 Å². The van der Waals surface area contributed by atoms with E-state index >= 15 is 0 Å². The molecule has 0 saturated heterocycles. The fourth-order valence-corrected chi connectivity index (χ4v) is 3.04. The quantitative estimate of drug-likeness (QED) is 0.786. The average Bonchev–Trinajstić information content (AvgIpc) is 3.06. The number of nitrogens with zero attached hydrogens (tertiary/aromatic N) is 2. The number of benzene rings is 2. The van der Waals surface area contributed by atoms with Crippen LogP contribution in [0.3, 0.4) is 0 Å². The normalized spacial score (nSPS) is 19.2. The molecule has 1 aliphatic rings. The van der Waals surface area contributed by atoms with Crippen molar-refractivity contribution >= 4 is 22.7 Å². The fourth-order valence-electron chi connectivity index (χ4n) is 3.04. The predicted octanol–water partition coefficient (Wildman–Crippen LogP) is 2.89. The van der Waals surface area contributed by atoms with Crippen molar-refractivity contribution in [3.8, 4) is 0 Å². The smallest absolute Gasteiger partial charge is 0.246 e. The molecular formula is C19H13F2N3O2. The molecule has 1 aromatic heterocycles. The highest BCUT2D eigenvalue weighted by molar-refractivity contribution is 5.99. The first-order valence-electron chi connectivity index (χ1n) is 7.88. The zero-order valence-corrected chi connectivity index (χ0v) is 13.4. The molecule has 0 saturated carbocycles. The van der Waals surface area contributed by atoms with Crippen LogP contribution in [-0.2, 0) is 9.53 Å². The highest BCUT2D eigenvalue weighted by Gasteiger charge is 2.39. The Labute approximate surface area is 147 Å². The Morgan fingerprint density at radius 2 is 1.73 bits per heavy atom. The molecule has 0 aliphatic carbocycles. The van der Waals surface area contributed by atoms with Crippen LogP contribution in [0.2, 0.25) is 0 Å². The van der Waals surface area contributed by atoms with Crippen LogP contribution in [0.25, 0.3) is 10.9 Å². The molecule has 3 aromatic rings. The maximum Gasteiger partial charge on any atom is 0.246 e. The number of para-hydroxylation sites is 1. The summed E-state index contributed by atoms with van der Waals surface area (Å²) in [5.74, 6) is -2.70. The highest BCUT2D eigenvalue weighted by atomic mass is 19.1. The number of primary amides is 1. The van der Waals surface area contributed by atoms with Crippen LogP contribution in [-0.4, -0.2) is 22.8 Å².